The Kier molecular flexibility index (Phi) is 4.70. The molecule has 0 saturated heterocycles. The molecule has 4 rings (SSSR count). The third-order valence-corrected chi connectivity index (χ3v) is 5.14. The van der Waals surface area contributed by atoms with Crippen molar-refractivity contribution in [1.82, 2.24) is 9.97 Å². The summed E-state index contributed by atoms with van der Waals surface area (Å²) in [5.41, 5.74) is 4.82. The molecule has 4 heteroatoms. The Morgan fingerprint density at radius 1 is 0.880 bits per heavy atom. The number of hydrogen-bond donors (Lipinski definition) is 1. The zero-order chi connectivity index (χ0) is 16.9. The van der Waals surface area contributed by atoms with Crippen molar-refractivity contribution in [2.45, 2.75) is 12.8 Å². The highest BCUT2D eigenvalue weighted by atomic mass is 32.1. The first kappa shape index (κ1) is 15.8. The van der Waals surface area contributed by atoms with Gasteiger partial charge in [0.05, 0.1) is 10.2 Å². The van der Waals surface area contributed by atoms with Crippen LogP contribution in [0.5, 0.6) is 0 Å². The van der Waals surface area contributed by atoms with Gasteiger partial charge in [-0.25, -0.2) is 4.98 Å². The summed E-state index contributed by atoms with van der Waals surface area (Å²) in [6, 6.07) is 21.1. The molecule has 0 aliphatic carbocycles. The second-order valence-electron chi connectivity index (χ2n) is 5.95. The molecule has 0 radical (unpaired) electrons. The second-order valence-corrected chi connectivity index (χ2v) is 6.98. The Morgan fingerprint density at radius 3 is 2.56 bits per heavy atom. The van der Waals surface area contributed by atoms with Gasteiger partial charge in [-0.15, -0.1) is 0 Å². The van der Waals surface area contributed by atoms with Crippen molar-refractivity contribution < 1.29 is 0 Å². The van der Waals surface area contributed by atoms with Crippen LogP contribution in [0.25, 0.3) is 21.3 Å². The Balaban J connectivity index is 1.41. The van der Waals surface area contributed by atoms with Crippen molar-refractivity contribution in [2.24, 2.45) is 0 Å². The third kappa shape index (κ3) is 3.86. The molecule has 0 atom stereocenters. The number of aryl methyl sites for hydroxylation is 1. The van der Waals surface area contributed by atoms with Gasteiger partial charge in [0.25, 0.3) is 0 Å². The maximum absolute atomic E-state index is 4.69. The Labute approximate surface area is 151 Å². The number of nitrogens with zero attached hydrogens (tertiary/aromatic N) is 2. The van der Waals surface area contributed by atoms with Crippen molar-refractivity contribution in [3.8, 4) is 11.1 Å². The van der Waals surface area contributed by atoms with Gasteiger partial charge >= 0.3 is 0 Å². The van der Waals surface area contributed by atoms with Crippen molar-refractivity contribution in [2.75, 3.05) is 11.9 Å². The first-order valence-electron chi connectivity index (χ1n) is 8.47. The Hall–Kier alpha value is -2.72. The van der Waals surface area contributed by atoms with Gasteiger partial charge in [-0.05, 0) is 53.8 Å². The van der Waals surface area contributed by atoms with E-state index in [0.717, 1.165) is 30.0 Å². The van der Waals surface area contributed by atoms with Gasteiger partial charge in [0.15, 0.2) is 5.13 Å². The maximum Gasteiger partial charge on any atom is 0.183 e. The number of aromatic nitrogens is 2. The van der Waals surface area contributed by atoms with Crippen LogP contribution >= 0.6 is 11.3 Å². The predicted octanol–water partition coefficient (Wildman–Crippen LogP) is 5.40. The zero-order valence-corrected chi connectivity index (χ0v) is 14.7. The Bertz CT molecular complexity index is 949. The molecule has 0 amide bonds. The van der Waals surface area contributed by atoms with Gasteiger partial charge in [0.1, 0.15) is 0 Å². The van der Waals surface area contributed by atoms with E-state index < -0.39 is 0 Å². The monoisotopic (exact) mass is 345 g/mol. The number of rotatable bonds is 6. The van der Waals surface area contributed by atoms with Gasteiger partial charge in [-0.3, -0.25) is 4.98 Å². The molecule has 2 heterocycles. The molecule has 2 aromatic heterocycles. The highest BCUT2D eigenvalue weighted by Gasteiger charge is 2.05. The minimum Gasteiger partial charge on any atom is -0.361 e. The zero-order valence-electron chi connectivity index (χ0n) is 13.9. The van der Waals surface area contributed by atoms with E-state index in [9.17, 15) is 0 Å². The number of pyridine rings is 1. The van der Waals surface area contributed by atoms with E-state index in [1.165, 1.54) is 21.4 Å². The normalized spacial score (nSPS) is 10.9. The van der Waals surface area contributed by atoms with E-state index >= 15 is 0 Å². The van der Waals surface area contributed by atoms with Crippen LogP contribution in [0, 0.1) is 0 Å². The lowest BCUT2D eigenvalue weighted by Crippen LogP contribution is -2.02. The molecule has 0 aliphatic rings. The molecule has 0 bridgehead atoms. The number of benzene rings is 2. The quantitative estimate of drug-likeness (QED) is 0.475. The average molecular weight is 345 g/mol. The number of fused-ring (bicyclic) bond motifs is 1. The van der Waals surface area contributed by atoms with Crippen molar-refractivity contribution in [1.29, 1.82) is 0 Å². The van der Waals surface area contributed by atoms with Gasteiger partial charge in [0.2, 0.25) is 0 Å². The number of hydrogen-bond acceptors (Lipinski definition) is 4. The second kappa shape index (κ2) is 7.45. The van der Waals surface area contributed by atoms with E-state index in [1.54, 1.807) is 11.3 Å². The van der Waals surface area contributed by atoms with Crippen LogP contribution < -0.4 is 5.32 Å². The molecule has 2 aromatic carbocycles. The molecule has 0 aliphatic heterocycles. The first-order chi connectivity index (χ1) is 12.4. The van der Waals surface area contributed by atoms with Crippen LogP contribution in [0.4, 0.5) is 5.13 Å². The average Bonchev–Trinajstić information content (AvgIpc) is 3.09. The summed E-state index contributed by atoms with van der Waals surface area (Å²) in [6.45, 7) is 0.936. The molecule has 1 N–H and O–H groups in total. The molecule has 0 spiro atoms. The van der Waals surface area contributed by atoms with Crippen LogP contribution in [-0.4, -0.2) is 16.5 Å². The molecule has 4 aromatic rings. The minimum atomic E-state index is 0.936. The van der Waals surface area contributed by atoms with Gasteiger partial charge < -0.3 is 5.32 Å². The lowest BCUT2D eigenvalue weighted by Gasteiger charge is -2.02. The molecule has 0 unspecified atom stereocenters. The van der Waals surface area contributed by atoms with Crippen LogP contribution in [-0.2, 0) is 6.42 Å². The molecular weight excluding hydrogens is 326 g/mol. The van der Waals surface area contributed by atoms with E-state index in [4.69, 9.17) is 0 Å². The van der Waals surface area contributed by atoms with Gasteiger partial charge in [0, 0.05) is 18.9 Å². The lowest BCUT2D eigenvalue weighted by molar-refractivity contribution is 0.862. The van der Waals surface area contributed by atoms with E-state index in [-0.39, 0.29) is 0 Å². The summed E-state index contributed by atoms with van der Waals surface area (Å²) in [4.78, 5) is 8.77. The van der Waals surface area contributed by atoms with Crippen LogP contribution in [0.15, 0.2) is 73.1 Å². The molecular formula is C21H19N3S. The topological polar surface area (TPSA) is 37.8 Å². The molecule has 25 heavy (non-hydrogen) atoms. The number of anilines is 1. The van der Waals surface area contributed by atoms with Crippen molar-refractivity contribution in [3.63, 3.8) is 0 Å². The van der Waals surface area contributed by atoms with Crippen LogP contribution in [0.2, 0.25) is 0 Å². The summed E-state index contributed by atoms with van der Waals surface area (Å²) in [5, 5.41) is 4.46. The summed E-state index contributed by atoms with van der Waals surface area (Å²) >= 11 is 1.71. The largest absolute Gasteiger partial charge is 0.361 e. The van der Waals surface area contributed by atoms with Gasteiger partial charge in [-0.2, -0.15) is 0 Å². The molecule has 0 fully saturated rings. The standard InChI is InChI=1S/C21H19N3S/c1-2-5-16(6-3-1)7-4-12-23-21-24-19-9-8-18(15-20(19)25-21)17-10-13-22-14-11-17/h1-3,5-6,8-11,13-15H,4,7,12H2,(H,23,24). The smallest absolute Gasteiger partial charge is 0.183 e. The lowest BCUT2D eigenvalue weighted by atomic mass is 10.1. The molecule has 3 nitrogen and oxygen atoms in total. The maximum atomic E-state index is 4.69. The summed E-state index contributed by atoms with van der Waals surface area (Å²) in [5.74, 6) is 0. The fourth-order valence-electron chi connectivity index (χ4n) is 2.86. The Morgan fingerprint density at radius 2 is 1.72 bits per heavy atom. The molecule has 124 valence electrons. The first-order valence-corrected chi connectivity index (χ1v) is 9.29. The minimum absolute atomic E-state index is 0.936. The summed E-state index contributed by atoms with van der Waals surface area (Å²) in [7, 11) is 0. The van der Waals surface area contributed by atoms with Crippen LogP contribution in [0.3, 0.4) is 0 Å². The predicted molar refractivity (Wildman–Crippen MR) is 106 cm³/mol. The highest BCUT2D eigenvalue weighted by molar-refractivity contribution is 7.22. The molecule has 0 saturated carbocycles. The highest BCUT2D eigenvalue weighted by Crippen LogP contribution is 2.30. The van der Waals surface area contributed by atoms with E-state index in [1.807, 2.05) is 24.5 Å². The fourth-order valence-corrected chi connectivity index (χ4v) is 3.79. The summed E-state index contributed by atoms with van der Waals surface area (Å²) in [6.07, 6.45) is 5.84. The fraction of sp³-hybridized carbons (Fsp3) is 0.143. The van der Waals surface area contributed by atoms with Crippen molar-refractivity contribution >= 4 is 26.7 Å². The third-order valence-electron chi connectivity index (χ3n) is 4.16. The summed E-state index contributed by atoms with van der Waals surface area (Å²) < 4.78 is 1.21. The number of thiazole rings is 1. The van der Waals surface area contributed by atoms with E-state index in [2.05, 4.69) is 63.8 Å². The van der Waals surface area contributed by atoms with Crippen LogP contribution in [0.1, 0.15) is 12.0 Å². The van der Waals surface area contributed by atoms with E-state index in [0.29, 0.717) is 0 Å². The SMILES string of the molecule is c1ccc(CCCNc2nc3ccc(-c4ccncc4)cc3s2)cc1. The number of nitrogens with one attached hydrogen (secondary N) is 1. The van der Waals surface area contributed by atoms with Crippen molar-refractivity contribution in [3.05, 3.63) is 78.6 Å². The van der Waals surface area contributed by atoms with Gasteiger partial charge in [-0.1, -0.05) is 47.7 Å².